The van der Waals surface area contributed by atoms with Gasteiger partial charge in [0.25, 0.3) is 5.91 Å². The van der Waals surface area contributed by atoms with E-state index in [0.29, 0.717) is 0 Å². The fourth-order valence-corrected chi connectivity index (χ4v) is 2.33. The molecule has 6 heteroatoms. The Hall–Kier alpha value is -3.15. The molecule has 6 nitrogen and oxygen atoms in total. The molecule has 0 aliphatic rings. The van der Waals surface area contributed by atoms with Crippen molar-refractivity contribution < 1.29 is 14.3 Å². The third-order valence-electron chi connectivity index (χ3n) is 3.57. The van der Waals surface area contributed by atoms with Crippen LogP contribution < -0.4 is 5.32 Å². The summed E-state index contributed by atoms with van der Waals surface area (Å²) in [6, 6.07) is 15.0. The van der Waals surface area contributed by atoms with E-state index in [1.807, 2.05) is 55.5 Å². The fourth-order valence-electron chi connectivity index (χ4n) is 2.33. The van der Waals surface area contributed by atoms with Crippen molar-refractivity contribution in [3.8, 4) is 0 Å². The lowest BCUT2D eigenvalue weighted by Gasteiger charge is -2.06. The average Bonchev–Trinajstić information content (AvgIpc) is 3.02. The number of carbonyl (C=O) groups is 2. The van der Waals surface area contributed by atoms with Crippen molar-refractivity contribution in [2.24, 2.45) is 0 Å². The van der Waals surface area contributed by atoms with Gasteiger partial charge in [-0.15, -0.1) is 0 Å². The van der Waals surface area contributed by atoms with Crippen LogP contribution >= 0.6 is 0 Å². The number of nitrogens with one attached hydrogen (secondary N) is 2. The number of fused-ring (bicyclic) bond motifs is 1. The van der Waals surface area contributed by atoms with Crippen molar-refractivity contribution in [1.82, 2.24) is 15.5 Å². The first-order valence-electron chi connectivity index (χ1n) is 7.56. The highest BCUT2D eigenvalue weighted by Gasteiger charge is 2.15. The minimum absolute atomic E-state index is 0.181. The number of amides is 1. The van der Waals surface area contributed by atoms with Gasteiger partial charge in [-0.2, -0.15) is 5.10 Å². The maximum Gasteiger partial charge on any atom is 0.325 e. The predicted octanol–water partition coefficient (Wildman–Crippen LogP) is 2.34. The maximum atomic E-state index is 12.2. The molecule has 24 heavy (non-hydrogen) atoms. The number of ether oxygens (including phenoxy) is 1. The highest BCUT2D eigenvalue weighted by atomic mass is 16.5. The van der Waals surface area contributed by atoms with Crippen molar-refractivity contribution >= 4 is 22.8 Å². The first-order chi connectivity index (χ1) is 11.6. The number of nitrogens with zero attached hydrogens (tertiary/aromatic N) is 1. The van der Waals surface area contributed by atoms with Crippen LogP contribution in [0.1, 0.15) is 21.6 Å². The highest BCUT2D eigenvalue weighted by molar-refractivity contribution is 6.05. The molecule has 0 spiro atoms. The topological polar surface area (TPSA) is 84.1 Å². The average molecular weight is 323 g/mol. The largest absolute Gasteiger partial charge is 0.460 e. The van der Waals surface area contributed by atoms with Crippen LogP contribution in [0.25, 0.3) is 10.9 Å². The van der Waals surface area contributed by atoms with E-state index in [2.05, 4.69) is 15.5 Å². The second-order valence-electron chi connectivity index (χ2n) is 5.45. The van der Waals surface area contributed by atoms with E-state index in [4.69, 9.17) is 4.74 Å². The van der Waals surface area contributed by atoms with Gasteiger partial charge in [0.05, 0.1) is 5.52 Å². The lowest BCUT2D eigenvalue weighted by molar-refractivity contribution is -0.143. The molecule has 1 amide bonds. The highest BCUT2D eigenvalue weighted by Crippen LogP contribution is 2.17. The van der Waals surface area contributed by atoms with Crippen LogP contribution in [0.2, 0.25) is 0 Å². The molecule has 0 aliphatic heterocycles. The van der Waals surface area contributed by atoms with Crippen LogP contribution in [0.5, 0.6) is 0 Å². The van der Waals surface area contributed by atoms with Crippen molar-refractivity contribution in [2.45, 2.75) is 13.5 Å². The number of aromatic amines is 1. The second kappa shape index (κ2) is 6.95. The summed E-state index contributed by atoms with van der Waals surface area (Å²) >= 11 is 0. The Bertz CT molecular complexity index is 872. The molecular formula is C18H17N3O3. The van der Waals surface area contributed by atoms with Gasteiger partial charge in [0, 0.05) is 5.39 Å². The molecule has 0 aliphatic carbocycles. The van der Waals surface area contributed by atoms with Crippen LogP contribution in [-0.2, 0) is 16.1 Å². The number of aryl methyl sites for hydroxylation is 1. The van der Waals surface area contributed by atoms with Crippen molar-refractivity contribution in [1.29, 1.82) is 0 Å². The van der Waals surface area contributed by atoms with E-state index < -0.39 is 11.9 Å². The summed E-state index contributed by atoms with van der Waals surface area (Å²) < 4.78 is 5.12. The minimum Gasteiger partial charge on any atom is -0.460 e. The maximum absolute atomic E-state index is 12.2. The standard InChI is InChI=1S/C18H17N3O3/c1-12-7-8-15-14(9-12)17(21-20-15)18(23)19-10-16(22)24-11-13-5-3-2-4-6-13/h2-9H,10-11H2,1H3,(H,19,23)(H,20,21). The van der Waals surface area contributed by atoms with Crippen LogP contribution in [0, 0.1) is 6.92 Å². The number of esters is 1. The Kier molecular flexibility index (Phi) is 4.56. The van der Waals surface area contributed by atoms with E-state index in [1.54, 1.807) is 0 Å². The molecule has 2 aromatic carbocycles. The molecule has 3 rings (SSSR count). The zero-order chi connectivity index (χ0) is 16.9. The Balaban J connectivity index is 1.56. The summed E-state index contributed by atoms with van der Waals surface area (Å²) in [5.74, 6) is -0.910. The van der Waals surface area contributed by atoms with Crippen molar-refractivity contribution in [3.63, 3.8) is 0 Å². The van der Waals surface area contributed by atoms with Crippen LogP contribution in [0.15, 0.2) is 48.5 Å². The zero-order valence-electron chi connectivity index (χ0n) is 13.2. The fraction of sp³-hybridized carbons (Fsp3) is 0.167. The predicted molar refractivity (Wildman–Crippen MR) is 89.4 cm³/mol. The zero-order valence-corrected chi connectivity index (χ0v) is 13.2. The van der Waals surface area contributed by atoms with Crippen LogP contribution in [0.4, 0.5) is 0 Å². The van der Waals surface area contributed by atoms with Crippen molar-refractivity contribution in [2.75, 3.05) is 6.54 Å². The van der Waals surface area contributed by atoms with E-state index >= 15 is 0 Å². The monoisotopic (exact) mass is 323 g/mol. The number of benzene rings is 2. The smallest absolute Gasteiger partial charge is 0.325 e. The van der Waals surface area contributed by atoms with Gasteiger partial charge in [0.1, 0.15) is 13.2 Å². The van der Waals surface area contributed by atoms with E-state index in [1.165, 1.54) is 0 Å². The summed E-state index contributed by atoms with van der Waals surface area (Å²) in [6.07, 6.45) is 0. The molecule has 0 bridgehead atoms. The molecule has 0 unspecified atom stereocenters. The summed E-state index contributed by atoms with van der Waals surface area (Å²) in [7, 11) is 0. The lowest BCUT2D eigenvalue weighted by Crippen LogP contribution is -2.30. The molecular weight excluding hydrogens is 306 g/mol. The summed E-state index contributed by atoms with van der Waals surface area (Å²) in [5.41, 5.74) is 2.97. The van der Waals surface area contributed by atoms with Gasteiger partial charge in [-0.05, 0) is 24.6 Å². The number of carbonyl (C=O) groups excluding carboxylic acids is 2. The number of hydrogen-bond acceptors (Lipinski definition) is 4. The Morgan fingerprint density at radius 3 is 2.75 bits per heavy atom. The number of rotatable bonds is 5. The quantitative estimate of drug-likeness (QED) is 0.706. The molecule has 122 valence electrons. The van der Waals surface area contributed by atoms with E-state index in [-0.39, 0.29) is 18.8 Å². The minimum atomic E-state index is -0.497. The third-order valence-corrected chi connectivity index (χ3v) is 3.57. The van der Waals surface area contributed by atoms with Gasteiger partial charge in [-0.3, -0.25) is 14.7 Å². The van der Waals surface area contributed by atoms with E-state index in [9.17, 15) is 9.59 Å². The van der Waals surface area contributed by atoms with Crippen LogP contribution in [0.3, 0.4) is 0 Å². The van der Waals surface area contributed by atoms with Gasteiger partial charge in [0.15, 0.2) is 5.69 Å². The van der Waals surface area contributed by atoms with Gasteiger partial charge >= 0.3 is 5.97 Å². The van der Waals surface area contributed by atoms with Gasteiger partial charge in [0.2, 0.25) is 0 Å². The lowest BCUT2D eigenvalue weighted by atomic mass is 10.1. The molecule has 0 atom stereocenters. The van der Waals surface area contributed by atoms with Gasteiger partial charge < -0.3 is 10.1 Å². The molecule has 0 saturated carbocycles. The number of hydrogen-bond donors (Lipinski definition) is 2. The molecule has 0 fully saturated rings. The van der Waals surface area contributed by atoms with Gasteiger partial charge in [-0.1, -0.05) is 42.0 Å². The molecule has 1 heterocycles. The van der Waals surface area contributed by atoms with Crippen molar-refractivity contribution in [3.05, 3.63) is 65.4 Å². The SMILES string of the molecule is Cc1ccc2[nH]nc(C(=O)NCC(=O)OCc3ccccc3)c2c1. The molecule has 1 aromatic heterocycles. The normalized spacial score (nSPS) is 10.5. The first-order valence-corrected chi connectivity index (χ1v) is 7.56. The first kappa shape index (κ1) is 15.7. The second-order valence-corrected chi connectivity index (χ2v) is 5.45. The number of H-pyrrole nitrogens is 1. The Morgan fingerprint density at radius 2 is 1.96 bits per heavy atom. The molecule has 2 N–H and O–H groups in total. The summed E-state index contributed by atoms with van der Waals surface area (Å²) in [4.78, 5) is 24.0. The Morgan fingerprint density at radius 1 is 1.17 bits per heavy atom. The third kappa shape index (κ3) is 3.60. The number of aromatic nitrogens is 2. The summed E-state index contributed by atoms with van der Waals surface area (Å²) in [6.45, 7) is 1.92. The van der Waals surface area contributed by atoms with Crippen LogP contribution in [-0.4, -0.2) is 28.6 Å². The summed E-state index contributed by atoms with van der Waals surface area (Å²) in [5, 5.41) is 10.1. The molecule has 0 saturated heterocycles. The Labute approximate surface area is 138 Å². The van der Waals surface area contributed by atoms with E-state index in [0.717, 1.165) is 22.0 Å². The van der Waals surface area contributed by atoms with Gasteiger partial charge in [-0.25, -0.2) is 0 Å². The molecule has 3 aromatic rings. The molecule has 0 radical (unpaired) electrons.